The van der Waals surface area contributed by atoms with Crippen LogP contribution in [0.1, 0.15) is 27.2 Å². The van der Waals surface area contributed by atoms with Crippen molar-refractivity contribution in [3.63, 3.8) is 0 Å². The number of halogens is 2. The van der Waals surface area contributed by atoms with E-state index in [1.165, 1.54) is 0 Å². The molecule has 5 nitrogen and oxygen atoms in total. The Morgan fingerprint density at radius 3 is 2.37 bits per heavy atom. The van der Waals surface area contributed by atoms with Crippen molar-refractivity contribution in [1.29, 1.82) is 0 Å². The quantitative estimate of drug-likeness (QED) is 0.586. The second-order valence-electron chi connectivity index (χ2n) is 6.51. The summed E-state index contributed by atoms with van der Waals surface area (Å²) in [6.07, 6.45) is 0. The van der Waals surface area contributed by atoms with Crippen LogP contribution >= 0.6 is 23.2 Å². The lowest BCUT2D eigenvalue weighted by Gasteiger charge is -2.13. The van der Waals surface area contributed by atoms with E-state index >= 15 is 0 Å². The van der Waals surface area contributed by atoms with Crippen molar-refractivity contribution in [3.05, 3.63) is 62.8 Å². The maximum atomic E-state index is 12.4. The van der Waals surface area contributed by atoms with Crippen LogP contribution in [0.2, 0.25) is 10.0 Å². The van der Waals surface area contributed by atoms with Crippen molar-refractivity contribution in [2.45, 2.75) is 20.8 Å². The van der Waals surface area contributed by atoms with Gasteiger partial charge in [-0.2, -0.15) is 0 Å². The predicted molar refractivity (Wildman–Crippen MR) is 110 cm³/mol. The zero-order valence-electron chi connectivity index (χ0n) is 15.2. The molecule has 7 heteroatoms. The van der Waals surface area contributed by atoms with Crippen LogP contribution in [-0.2, 0) is 4.79 Å². The van der Waals surface area contributed by atoms with E-state index in [9.17, 15) is 9.59 Å². The maximum absolute atomic E-state index is 12.4. The molecule has 1 heterocycles. The fourth-order valence-electron chi connectivity index (χ4n) is 3.10. The van der Waals surface area contributed by atoms with Crippen LogP contribution < -0.4 is 10.6 Å². The Hall–Kier alpha value is -2.50. The van der Waals surface area contributed by atoms with Crippen molar-refractivity contribution in [1.82, 2.24) is 10.3 Å². The van der Waals surface area contributed by atoms with Crippen LogP contribution in [-0.4, -0.2) is 23.3 Å². The number of hydrogen-bond acceptors (Lipinski definition) is 2. The monoisotopic (exact) mass is 403 g/mol. The second kappa shape index (κ2) is 7.62. The molecule has 3 rings (SSSR count). The molecule has 0 bridgehead atoms. The number of carbonyl (C=O) groups excluding carboxylic acids is 2. The van der Waals surface area contributed by atoms with E-state index < -0.39 is 5.91 Å². The number of fused-ring (bicyclic) bond motifs is 1. The fourth-order valence-corrected chi connectivity index (χ4v) is 3.56. The van der Waals surface area contributed by atoms with Crippen molar-refractivity contribution < 1.29 is 9.59 Å². The molecule has 0 atom stereocenters. The Balaban J connectivity index is 1.69. The molecule has 0 saturated carbocycles. The van der Waals surface area contributed by atoms with E-state index in [0.29, 0.717) is 15.9 Å². The summed E-state index contributed by atoms with van der Waals surface area (Å²) in [4.78, 5) is 27.6. The molecular weight excluding hydrogens is 385 g/mol. The smallest absolute Gasteiger partial charge is 0.269 e. The Morgan fingerprint density at radius 1 is 1.04 bits per heavy atom. The van der Waals surface area contributed by atoms with Crippen molar-refractivity contribution in [2.24, 2.45) is 0 Å². The minimum absolute atomic E-state index is 0.169. The normalized spacial score (nSPS) is 10.9. The van der Waals surface area contributed by atoms with Gasteiger partial charge in [0, 0.05) is 21.6 Å². The highest BCUT2D eigenvalue weighted by atomic mass is 35.5. The van der Waals surface area contributed by atoms with E-state index in [1.54, 1.807) is 18.2 Å². The standard InChI is InChI=1S/C20H19Cl2N3O2/c1-10-6-11(2)18(12(3)7-10)25-16(26)9-23-20(27)19-17(22)14-8-13(21)4-5-15(14)24-19/h4-8,24H,9H2,1-3H3,(H,23,27)(H,25,26). The Labute approximate surface area is 167 Å². The van der Waals surface area contributed by atoms with E-state index in [1.807, 2.05) is 32.9 Å². The van der Waals surface area contributed by atoms with Crippen LogP contribution in [0.4, 0.5) is 5.69 Å². The number of aromatic amines is 1. The summed E-state index contributed by atoms with van der Waals surface area (Å²) in [5.74, 6) is -0.770. The number of H-pyrrole nitrogens is 1. The SMILES string of the molecule is Cc1cc(C)c(NC(=O)CNC(=O)c2[nH]c3ccc(Cl)cc3c2Cl)c(C)c1. The van der Waals surface area contributed by atoms with Crippen molar-refractivity contribution in [2.75, 3.05) is 11.9 Å². The average Bonchev–Trinajstić information content (AvgIpc) is 2.92. The molecule has 27 heavy (non-hydrogen) atoms. The number of carbonyl (C=O) groups is 2. The van der Waals surface area contributed by atoms with Gasteiger partial charge in [0.05, 0.1) is 11.6 Å². The van der Waals surface area contributed by atoms with Gasteiger partial charge in [0.15, 0.2) is 0 Å². The molecule has 0 radical (unpaired) electrons. The number of nitrogens with one attached hydrogen (secondary N) is 3. The molecule has 2 amide bonds. The Kier molecular flexibility index (Phi) is 5.44. The summed E-state index contributed by atoms with van der Waals surface area (Å²) in [6.45, 7) is 5.70. The highest BCUT2D eigenvalue weighted by Crippen LogP contribution is 2.29. The molecule has 0 aliphatic heterocycles. The first-order valence-electron chi connectivity index (χ1n) is 8.39. The van der Waals surface area contributed by atoms with Crippen LogP contribution in [0.15, 0.2) is 30.3 Å². The minimum atomic E-state index is -0.458. The lowest BCUT2D eigenvalue weighted by atomic mass is 10.1. The first kappa shape index (κ1) is 19.3. The first-order valence-corrected chi connectivity index (χ1v) is 9.14. The lowest BCUT2D eigenvalue weighted by molar-refractivity contribution is -0.115. The van der Waals surface area contributed by atoms with Gasteiger partial charge in [0.1, 0.15) is 5.69 Å². The van der Waals surface area contributed by atoms with E-state index in [4.69, 9.17) is 23.2 Å². The van der Waals surface area contributed by atoms with Gasteiger partial charge in [-0.1, -0.05) is 40.9 Å². The largest absolute Gasteiger partial charge is 0.349 e. The van der Waals surface area contributed by atoms with Gasteiger partial charge in [-0.05, 0) is 50.1 Å². The molecule has 1 aromatic heterocycles. The molecule has 2 aromatic carbocycles. The van der Waals surface area contributed by atoms with Gasteiger partial charge in [0.2, 0.25) is 5.91 Å². The molecule has 0 saturated heterocycles. The van der Waals surface area contributed by atoms with Crippen LogP contribution in [0.3, 0.4) is 0 Å². The Bertz CT molecular complexity index is 1030. The second-order valence-corrected chi connectivity index (χ2v) is 7.32. The van der Waals surface area contributed by atoms with Gasteiger partial charge >= 0.3 is 0 Å². The van der Waals surface area contributed by atoms with Crippen LogP contribution in [0.5, 0.6) is 0 Å². The molecule has 3 aromatic rings. The summed E-state index contributed by atoms with van der Waals surface area (Å²) in [7, 11) is 0. The third-order valence-corrected chi connectivity index (χ3v) is 4.90. The zero-order chi connectivity index (χ0) is 19.7. The van der Waals surface area contributed by atoms with Gasteiger partial charge < -0.3 is 15.6 Å². The molecule has 0 fully saturated rings. The summed E-state index contributed by atoms with van der Waals surface area (Å²) < 4.78 is 0. The third-order valence-electron chi connectivity index (χ3n) is 4.28. The number of aryl methyl sites for hydroxylation is 3. The number of anilines is 1. The Morgan fingerprint density at radius 2 is 1.70 bits per heavy atom. The molecule has 3 N–H and O–H groups in total. The molecule has 0 spiro atoms. The minimum Gasteiger partial charge on any atom is -0.349 e. The summed E-state index contributed by atoms with van der Waals surface area (Å²) >= 11 is 12.2. The summed E-state index contributed by atoms with van der Waals surface area (Å²) in [5, 5.41) is 6.89. The van der Waals surface area contributed by atoms with Crippen LogP contribution in [0.25, 0.3) is 10.9 Å². The van der Waals surface area contributed by atoms with Gasteiger partial charge in [-0.25, -0.2) is 0 Å². The molecule has 0 aliphatic rings. The predicted octanol–water partition coefficient (Wildman–Crippen LogP) is 4.77. The molecular formula is C20H19Cl2N3O2. The number of rotatable bonds is 4. The number of aromatic nitrogens is 1. The highest BCUT2D eigenvalue weighted by molar-refractivity contribution is 6.39. The lowest BCUT2D eigenvalue weighted by Crippen LogP contribution is -2.33. The van der Waals surface area contributed by atoms with Crippen LogP contribution in [0, 0.1) is 20.8 Å². The topological polar surface area (TPSA) is 74.0 Å². The fraction of sp³-hybridized carbons (Fsp3) is 0.200. The number of hydrogen-bond donors (Lipinski definition) is 3. The molecule has 140 valence electrons. The van der Waals surface area contributed by atoms with Gasteiger partial charge in [0.25, 0.3) is 5.91 Å². The zero-order valence-corrected chi connectivity index (χ0v) is 16.7. The summed E-state index contributed by atoms with van der Waals surface area (Å²) in [5.41, 5.74) is 4.74. The molecule has 0 aliphatic carbocycles. The summed E-state index contributed by atoms with van der Waals surface area (Å²) in [6, 6.07) is 9.13. The van der Waals surface area contributed by atoms with E-state index in [-0.39, 0.29) is 23.2 Å². The van der Waals surface area contributed by atoms with E-state index in [0.717, 1.165) is 22.4 Å². The van der Waals surface area contributed by atoms with Crippen molar-refractivity contribution in [3.8, 4) is 0 Å². The highest BCUT2D eigenvalue weighted by Gasteiger charge is 2.17. The maximum Gasteiger partial charge on any atom is 0.269 e. The van der Waals surface area contributed by atoms with Crippen molar-refractivity contribution >= 4 is 51.6 Å². The number of benzene rings is 2. The average molecular weight is 404 g/mol. The molecule has 0 unspecified atom stereocenters. The number of amides is 2. The van der Waals surface area contributed by atoms with Gasteiger partial charge in [-0.3, -0.25) is 9.59 Å². The first-order chi connectivity index (χ1) is 12.8. The van der Waals surface area contributed by atoms with E-state index in [2.05, 4.69) is 15.6 Å². The van der Waals surface area contributed by atoms with Gasteiger partial charge in [-0.15, -0.1) is 0 Å². The third kappa shape index (κ3) is 4.10.